The average molecular weight is 215 g/mol. The predicted molar refractivity (Wildman–Crippen MR) is 55.3 cm³/mol. The summed E-state index contributed by atoms with van der Waals surface area (Å²) in [5.74, 6) is -0.683. The second-order valence-electron chi connectivity index (χ2n) is 2.59. The van der Waals surface area contributed by atoms with Crippen LogP contribution in [-0.2, 0) is 19.1 Å². The van der Waals surface area contributed by atoms with Gasteiger partial charge in [0.05, 0.1) is 19.8 Å². The Balaban J connectivity index is 3.45. The van der Waals surface area contributed by atoms with E-state index in [4.69, 9.17) is 4.74 Å². The Morgan fingerprint density at radius 1 is 1.20 bits per heavy atom. The molecule has 15 heavy (non-hydrogen) atoms. The number of rotatable bonds is 7. The monoisotopic (exact) mass is 215 g/mol. The van der Waals surface area contributed by atoms with Crippen LogP contribution in [0.15, 0.2) is 12.2 Å². The van der Waals surface area contributed by atoms with E-state index < -0.39 is 0 Å². The van der Waals surface area contributed by atoms with E-state index in [1.54, 1.807) is 19.9 Å². The molecule has 0 aromatic heterocycles. The summed E-state index contributed by atoms with van der Waals surface area (Å²) in [4.78, 5) is 21.7. The van der Waals surface area contributed by atoms with Crippen LogP contribution in [0.5, 0.6) is 0 Å². The fourth-order valence-electron chi connectivity index (χ4n) is 0.815. The van der Waals surface area contributed by atoms with Crippen molar-refractivity contribution < 1.29 is 19.1 Å². The van der Waals surface area contributed by atoms with Crippen LogP contribution in [-0.4, -0.2) is 38.2 Å². The molecule has 0 amide bonds. The van der Waals surface area contributed by atoms with E-state index in [0.717, 1.165) is 0 Å². The lowest BCUT2D eigenvalue weighted by Gasteiger charge is -2.01. The van der Waals surface area contributed by atoms with Crippen LogP contribution < -0.4 is 5.32 Å². The summed E-state index contributed by atoms with van der Waals surface area (Å²) in [6.07, 6.45) is 2.92. The van der Waals surface area contributed by atoms with Crippen molar-refractivity contribution in [2.75, 3.05) is 26.3 Å². The first-order chi connectivity index (χ1) is 7.20. The number of carbonyl (C=O) groups is 2. The van der Waals surface area contributed by atoms with Crippen LogP contribution in [0.1, 0.15) is 13.8 Å². The van der Waals surface area contributed by atoms with E-state index in [2.05, 4.69) is 10.1 Å². The van der Waals surface area contributed by atoms with Gasteiger partial charge in [0.25, 0.3) is 0 Å². The Hall–Kier alpha value is -1.36. The predicted octanol–water partition coefficient (Wildman–Crippen LogP) is 0.258. The SMILES string of the molecule is CCOC(=O)/C=C/CNCC(=O)OCC. The zero-order valence-corrected chi connectivity index (χ0v) is 9.12. The Morgan fingerprint density at radius 3 is 2.47 bits per heavy atom. The Morgan fingerprint density at radius 2 is 1.87 bits per heavy atom. The smallest absolute Gasteiger partial charge is 0.330 e. The van der Waals surface area contributed by atoms with Crippen molar-refractivity contribution in [1.82, 2.24) is 5.32 Å². The Kier molecular flexibility index (Phi) is 8.37. The van der Waals surface area contributed by atoms with Gasteiger partial charge in [0.15, 0.2) is 0 Å². The molecular formula is C10H17NO4. The summed E-state index contributed by atoms with van der Waals surface area (Å²) < 4.78 is 9.35. The second kappa shape index (κ2) is 9.21. The highest BCUT2D eigenvalue weighted by molar-refractivity contribution is 5.81. The molecular weight excluding hydrogens is 198 g/mol. The summed E-state index contributed by atoms with van der Waals surface area (Å²) in [6, 6.07) is 0. The van der Waals surface area contributed by atoms with Gasteiger partial charge in [-0.3, -0.25) is 4.79 Å². The van der Waals surface area contributed by atoms with Gasteiger partial charge in [-0.05, 0) is 13.8 Å². The van der Waals surface area contributed by atoms with Gasteiger partial charge in [-0.15, -0.1) is 0 Å². The molecule has 0 aliphatic rings. The van der Waals surface area contributed by atoms with Crippen LogP contribution in [0.3, 0.4) is 0 Å². The topological polar surface area (TPSA) is 64.6 Å². The van der Waals surface area contributed by atoms with Crippen LogP contribution in [0.25, 0.3) is 0 Å². The molecule has 0 aromatic rings. The fourth-order valence-corrected chi connectivity index (χ4v) is 0.815. The Labute approximate surface area is 89.4 Å². The normalized spacial score (nSPS) is 10.3. The molecule has 0 saturated heterocycles. The van der Waals surface area contributed by atoms with Gasteiger partial charge >= 0.3 is 11.9 Å². The molecule has 0 bridgehead atoms. The first-order valence-corrected chi connectivity index (χ1v) is 4.90. The molecule has 0 heterocycles. The number of carbonyl (C=O) groups excluding carboxylic acids is 2. The standard InChI is InChI=1S/C10H17NO4/c1-3-14-9(12)6-5-7-11-8-10(13)15-4-2/h5-6,11H,3-4,7-8H2,1-2H3/b6-5+. The van der Waals surface area contributed by atoms with Crippen molar-refractivity contribution in [2.24, 2.45) is 0 Å². The Bertz CT molecular complexity index is 225. The van der Waals surface area contributed by atoms with E-state index in [9.17, 15) is 9.59 Å². The zero-order chi connectivity index (χ0) is 11.5. The molecule has 0 fully saturated rings. The second-order valence-corrected chi connectivity index (χ2v) is 2.59. The minimum absolute atomic E-state index is 0.140. The van der Waals surface area contributed by atoms with Gasteiger partial charge in [0, 0.05) is 12.6 Å². The molecule has 0 rings (SSSR count). The molecule has 0 aliphatic heterocycles. The minimum Gasteiger partial charge on any atom is -0.465 e. The maximum atomic E-state index is 10.8. The van der Waals surface area contributed by atoms with Crippen molar-refractivity contribution >= 4 is 11.9 Å². The maximum Gasteiger partial charge on any atom is 0.330 e. The first kappa shape index (κ1) is 13.6. The van der Waals surface area contributed by atoms with E-state index in [-0.39, 0.29) is 18.5 Å². The number of nitrogens with one attached hydrogen (secondary N) is 1. The average Bonchev–Trinajstić information content (AvgIpc) is 2.18. The third kappa shape index (κ3) is 8.96. The summed E-state index contributed by atoms with van der Waals surface area (Å²) in [5.41, 5.74) is 0. The quantitative estimate of drug-likeness (QED) is 0.375. The number of hydrogen-bond acceptors (Lipinski definition) is 5. The van der Waals surface area contributed by atoms with Crippen molar-refractivity contribution in [2.45, 2.75) is 13.8 Å². The van der Waals surface area contributed by atoms with Crippen molar-refractivity contribution in [1.29, 1.82) is 0 Å². The molecule has 0 radical (unpaired) electrons. The zero-order valence-electron chi connectivity index (χ0n) is 9.12. The minimum atomic E-state index is -0.379. The van der Waals surface area contributed by atoms with Gasteiger partial charge in [-0.25, -0.2) is 4.79 Å². The molecule has 0 spiro atoms. The lowest BCUT2D eigenvalue weighted by atomic mass is 10.5. The third-order valence-corrected chi connectivity index (χ3v) is 1.38. The molecule has 0 aromatic carbocycles. The van der Waals surface area contributed by atoms with Gasteiger partial charge < -0.3 is 14.8 Å². The van der Waals surface area contributed by atoms with Crippen LogP contribution >= 0.6 is 0 Å². The molecule has 0 atom stereocenters. The molecule has 0 saturated carbocycles. The van der Waals surface area contributed by atoms with E-state index >= 15 is 0 Å². The highest BCUT2D eigenvalue weighted by atomic mass is 16.5. The van der Waals surface area contributed by atoms with Gasteiger partial charge in [-0.2, -0.15) is 0 Å². The molecule has 86 valence electrons. The molecule has 0 unspecified atom stereocenters. The highest BCUT2D eigenvalue weighted by Crippen LogP contribution is 1.80. The number of ether oxygens (including phenoxy) is 2. The third-order valence-electron chi connectivity index (χ3n) is 1.38. The lowest BCUT2D eigenvalue weighted by molar-refractivity contribution is -0.142. The summed E-state index contributed by atoms with van der Waals surface area (Å²) in [7, 11) is 0. The highest BCUT2D eigenvalue weighted by Gasteiger charge is 1.98. The maximum absolute atomic E-state index is 10.8. The van der Waals surface area contributed by atoms with Crippen molar-refractivity contribution in [3.05, 3.63) is 12.2 Å². The summed E-state index contributed by atoms with van der Waals surface area (Å²) in [6.45, 7) is 4.79. The molecule has 0 aliphatic carbocycles. The van der Waals surface area contributed by atoms with Crippen LogP contribution in [0.4, 0.5) is 0 Å². The molecule has 5 heteroatoms. The summed E-state index contributed by atoms with van der Waals surface area (Å²) >= 11 is 0. The summed E-state index contributed by atoms with van der Waals surface area (Å²) in [5, 5.41) is 2.80. The van der Waals surface area contributed by atoms with Crippen LogP contribution in [0.2, 0.25) is 0 Å². The lowest BCUT2D eigenvalue weighted by Crippen LogP contribution is -2.24. The number of esters is 2. The van der Waals surface area contributed by atoms with Gasteiger partial charge in [-0.1, -0.05) is 6.08 Å². The van der Waals surface area contributed by atoms with E-state index in [0.29, 0.717) is 19.8 Å². The molecule has 5 nitrogen and oxygen atoms in total. The molecule has 1 N–H and O–H groups in total. The largest absolute Gasteiger partial charge is 0.465 e. The van der Waals surface area contributed by atoms with E-state index in [1.807, 2.05) is 0 Å². The van der Waals surface area contributed by atoms with E-state index in [1.165, 1.54) is 6.08 Å². The van der Waals surface area contributed by atoms with Crippen molar-refractivity contribution in [3.63, 3.8) is 0 Å². The van der Waals surface area contributed by atoms with Gasteiger partial charge in [0.2, 0.25) is 0 Å². The first-order valence-electron chi connectivity index (χ1n) is 4.90. The number of hydrogen-bond donors (Lipinski definition) is 1. The fraction of sp³-hybridized carbons (Fsp3) is 0.600. The van der Waals surface area contributed by atoms with Crippen LogP contribution in [0, 0.1) is 0 Å². The van der Waals surface area contributed by atoms with Gasteiger partial charge in [0.1, 0.15) is 0 Å². The van der Waals surface area contributed by atoms with Crippen molar-refractivity contribution in [3.8, 4) is 0 Å².